The van der Waals surface area contributed by atoms with Crippen molar-refractivity contribution in [1.29, 1.82) is 0 Å². The van der Waals surface area contributed by atoms with Crippen LogP contribution >= 0.6 is 11.8 Å². The molecule has 0 spiro atoms. The fourth-order valence-corrected chi connectivity index (χ4v) is 3.24. The number of amidine groups is 1. The Morgan fingerprint density at radius 1 is 1.48 bits per heavy atom. The summed E-state index contributed by atoms with van der Waals surface area (Å²) in [6, 6.07) is 7.05. The molecule has 122 valence electrons. The van der Waals surface area contributed by atoms with Gasteiger partial charge in [0.2, 0.25) is 0 Å². The summed E-state index contributed by atoms with van der Waals surface area (Å²) in [4.78, 5) is 18.2. The fourth-order valence-electron chi connectivity index (χ4n) is 2.22. The molecule has 0 radical (unpaired) electrons. The van der Waals surface area contributed by atoms with Crippen LogP contribution in [0.2, 0.25) is 0 Å². The molecule has 2 heterocycles. The average molecular weight is 358 g/mol. The number of amides is 1. The zero-order chi connectivity index (χ0) is 16.4. The topological polar surface area (TPSA) is 123 Å². The first-order chi connectivity index (χ1) is 10.9. The maximum atomic E-state index is 11.6. The molecule has 2 aliphatic heterocycles. The Labute approximate surface area is 138 Å². The van der Waals surface area contributed by atoms with Gasteiger partial charge in [0.15, 0.2) is 5.17 Å². The Morgan fingerprint density at radius 3 is 3.04 bits per heavy atom. The van der Waals surface area contributed by atoms with Gasteiger partial charge in [-0.2, -0.15) is 14.0 Å². The summed E-state index contributed by atoms with van der Waals surface area (Å²) in [7, 11) is -4.61. The van der Waals surface area contributed by atoms with Gasteiger partial charge in [-0.15, -0.1) is 0 Å². The van der Waals surface area contributed by atoms with Crippen molar-refractivity contribution in [1.82, 2.24) is 4.90 Å². The number of anilines is 1. The van der Waals surface area contributed by atoms with Gasteiger partial charge < -0.3 is 10.2 Å². The first kappa shape index (κ1) is 16.2. The van der Waals surface area contributed by atoms with Crippen LogP contribution in [0.4, 0.5) is 5.69 Å². The molecule has 1 N–H and O–H groups in total. The number of hydrogen-bond donors (Lipinski definition) is 1. The predicted octanol–water partition coefficient (Wildman–Crippen LogP) is -1.53. The Hall–Kier alpha value is -1.62. The van der Waals surface area contributed by atoms with Gasteiger partial charge >= 0.3 is 0 Å². The minimum atomic E-state index is -4.61. The molecule has 0 fully saturated rings. The molecule has 2 aliphatic rings. The number of thioether (sulfide) groups is 1. The number of nitrogens with zero attached hydrogens (tertiary/aromatic N) is 2. The van der Waals surface area contributed by atoms with Crippen LogP contribution in [0.3, 0.4) is 0 Å². The molecule has 0 aromatic heterocycles. The third-order valence-corrected chi connectivity index (χ3v) is 4.36. The summed E-state index contributed by atoms with van der Waals surface area (Å²) in [5.74, 6) is -0.731. The Kier molecular flexibility index (Phi) is 4.57. The van der Waals surface area contributed by atoms with Crippen molar-refractivity contribution in [3.05, 3.63) is 41.4 Å². The highest BCUT2D eigenvalue weighted by molar-refractivity contribution is 8.16. The quantitative estimate of drug-likeness (QED) is 0.678. The second-order valence-electron chi connectivity index (χ2n) is 4.79. The van der Waals surface area contributed by atoms with Crippen LogP contribution in [-0.2, 0) is 9.08 Å². The number of carbonyl (C=O) groups excluding carboxylic acids is 1. The van der Waals surface area contributed by atoms with E-state index in [-0.39, 0.29) is 6.04 Å². The van der Waals surface area contributed by atoms with Gasteiger partial charge in [-0.3, -0.25) is 9.79 Å². The van der Waals surface area contributed by atoms with Gasteiger partial charge in [-0.05, 0) is 23.1 Å². The number of aliphatic imine (C=N–C) groups is 1. The smallest absolute Gasteiger partial charge is 0.281 e. The lowest BCUT2D eigenvalue weighted by Gasteiger charge is -2.13. The summed E-state index contributed by atoms with van der Waals surface area (Å²) >= 11 is 1.56. The molecule has 0 saturated heterocycles. The molecular formula is C13H12ClN3O5S. The van der Waals surface area contributed by atoms with Crippen LogP contribution in [0, 0.1) is 10.2 Å². The summed E-state index contributed by atoms with van der Waals surface area (Å²) in [5, 5.41) is 5.39. The Morgan fingerprint density at radius 2 is 2.30 bits per heavy atom. The lowest BCUT2D eigenvalue weighted by atomic mass is 10.1. The molecular weight excluding hydrogens is 346 g/mol. The molecule has 0 saturated carbocycles. The van der Waals surface area contributed by atoms with E-state index in [1.165, 1.54) is 0 Å². The minimum absolute atomic E-state index is 0.0314. The summed E-state index contributed by atoms with van der Waals surface area (Å²) in [6.45, 7) is -0.134. The van der Waals surface area contributed by atoms with Crippen LogP contribution in [0.15, 0.2) is 40.9 Å². The second-order valence-corrected chi connectivity index (χ2v) is 6.64. The third-order valence-electron chi connectivity index (χ3n) is 3.17. The molecule has 1 atom stereocenters. The molecule has 0 aliphatic carbocycles. The third kappa shape index (κ3) is 4.22. The van der Waals surface area contributed by atoms with Gasteiger partial charge in [-0.25, -0.2) is 0 Å². The molecule has 0 bridgehead atoms. The van der Waals surface area contributed by atoms with E-state index in [9.17, 15) is 18.8 Å². The number of halogens is 1. The first-order valence-electron chi connectivity index (χ1n) is 6.53. The van der Waals surface area contributed by atoms with Gasteiger partial charge in [0.1, 0.15) is 0 Å². The van der Waals surface area contributed by atoms with Crippen molar-refractivity contribution in [2.75, 3.05) is 18.5 Å². The molecule has 10 heteroatoms. The van der Waals surface area contributed by atoms with Crippen LogP contribution in [0.5, 0.6) is 0 Å². The molecule has 1 aromatic rings. The number of hydrogen-bond acceptors (Lipinski definition) is 8. The molecule has 1 aromatic carbocycles. The van der Waals surface area contributed by atoms with E-state index in [1.54, 1.807) is 30.0 Å². The lowest BCUT2D eigenvalue weighted by Crippen LogP contribution is -2.61. The number of benzene rings is 1. The van der Waals surface area contributed by atoms with Crippen LogP contribution < -0.4 is 19.3 Å². The maximum absolute atomic E-state index is 11.6. The first-order valence-corrected chi connectivity index (χ1v) is 8.65. The van der Waals surface area contributed by atoms with E-state index in [2.05, 4.69) is 14.6 Å². The molecule has 23 heavy (non-hydrogen) atoms. The number of carbonyl (C=O) groups is 1. The van der Waals surface area contributed by atoms with Gasteiger partial charge in [-0.1, -0.05) is 23.9 Å². The largest absolute Gasteiger partial charge is 0.325 e. The van der Waals surface area contributed by atoms with Crippen molar-refractivity contribution >= 4 is 28.5 Å². The van der Waals surface area contributed by atoms with E-state index in [1.807, 2.05) is 22.6 Å². The molecule has 3 rings (SSSR count). The van der Waals surface area contributed by atoms with Crippen molar-refractivity contribution < 1.29 is 33.3 Å². The predicted molar refractivity (Wildman–Crippen MR) is 74.6 cm³/mol. The van der Waals surface area contributed by atoms with E-state index in [0.717, 1.165) is 17.3 Å². The van der Waals surface area contributed by atoms with Crippen LogP contribution in [0.1, 0.15) is 11.6 Å². The monoisotopic (exact) mass is 357 g/mol. The fraction of sp³-hybridized carbons (Fsp3) is 0.231. The minimum Gasteiger partial charge on any atom is -0.325 e. The summed E-state index contributed by atoms with van der Waals surface area (Å²) in [5.41, 5.74) is 1.40. The number of nitrogens with one attached hydrogen (secondary N) is 1. The Bertz CT molecular complexity index is 676. The van der Waals surface area contributed by atoms with Crippen molar-refractivity contribution in [3.63, 3.8) is 0 Å². The lowest BCUT2D eigenvalue weighted by molar-refractivity contribution is -1.92. The maximum Gasteiger partial charge on any atom is 0.281 e. The van der Waals surface area contributed by atoms with Crippen molar-refractivity contribution in [2.45, 2.75) is 6.04 Å². The average Bonchev–Trinajstić information content (AvgIpc) is 3.06. The van der Waals surface area contributed by atoms with Crippen molar-refractivity contribution in [3.8, 4) is 0 Å². The van der Waals surface area contributed by atoms with Crippen molar-refractivity contribution in [2.24, 2.45) is 4.99 Å². The highest BCUT2D eigenvalue weighted by Gasteiger charge is 2.27. The molecule has 1 amide bonds. The van der Waals surface area contributed by atoms with E-state index < -0.39 is 22.8 Å². The zero-order valence-corrected chi connectivity index (χ0v) is 13.2. The van der Waals surface area contributed by atoms with Gasteiger partial charge in [0.05, 0.1) is 27.1 Å². The standard InChI is InChI=1S/C13H12ClN3O5S/c18-12(8-22-14(19,20)21)15-10-3-1-2-9(6-10)11-7-17-4-5-23-13(17)16-11/h1-6,11H,7-8H2,(H,15,18). The second kappa shape index (κ2) is 6.48. The Balaban J connectivity index is 1.62. The summed E-state index contributed by atoms with van der Waals surface area (Å²) < 4.78 is 34.8. The number of rotatable bonds is 5. The van der Waals surface area contributed by atoms with Gasteiger partial charge in [0.25, 0.3) is 12.5 Å². The highest BCUT2D eigenvalue weighted by Crippen LogP contribution is 2.33. The summed E-state index contributed by atoms with van der Waals surface area (Å²) in [6.07, 6.45) is 1.97. The van der Waals surface area contributed by atoms with E-state index >= 15 is 0 Å². The van der Waals surface area contributed by atoms with Gasteiger partial charge in [0, 0.05) is 11.9 Å². The van der Waals surface area contributed by atoms with E-state index in [0.29, 0.717) is 5.69 Å². The van der Waals surface area contributed by atoms with Crippen LogP contribution in [-0.4, -0.2) is 29.1 Å². The van der Waals surface area contributed by atoms with E-state index in [4.69, 9.17) is 0 Å². The molecule has 8 nitrogen and oxygen atoms in total. The zero-order valence-electron chi connectivity index (χ0n) is 11.7. The SMILES string of the molecule is O=C(CO[Cl+3]([O-])([O-])[O-])Nc1cccc(C2CN3C=CSC3=N2)c1. The normalized spacial score (nSPS) is 19.7. The number of fused-ring (bicyclic) bond motifs is 1. The highest BCUT2D eigenvalue weighted by atomic mass is 35.7. The van der Waals surface area contributed by atoms with Crippen LogP contribution in [0.25, 0.3) is 0 Å². The molecule has 1 unspecified atom stereocenters.